The van der Waals surface area contributed by atoms with Crippen LogP contribution in [0.5, 0.6) is 0 Å². The number of nitrogens with one attached hydrogen (secondary N) is 3. The van der Waals surface area contributed by atoms with Crippen LogP contribution in [0.15, 0.2) is 48.7 Å². The lowest BCUT2D eigenvalue weighted by Gasteiger charge is -2.31. The zero-order valence-electron chi connectivity index (χ0n) is 20.6. The van der Waals surface area contributed by atoms with Crippen LogP contribution in [0.3, 0.4) is 0 Å². The summed E-state index contributed by atoms with van der Waals surface area (Å²) in [7, 11) is 3.49. The van der Waals surface area contributed by atoms with Gasteiger partial charge in [-0.15, -0.1) is 0 Å². The van der Waals surface area contributed by atoms with Gasteiger partial charge in [-0.1, -0.05) is 40.9 Å². The first-order valence-electron chi connectivity index (χ1n) is 11.6. The van der Waals surface area contributed by atoms with Gasteiger partial charge in [0.05, 0.1) is 45.8 Å². The summed E-state index contributed by atoms with van der Waals surface area (Å²) in [6.07, 6.45) is 1.42. The van der Waals surface area contributed by atoms with Crippen molar-refractivity contribution in [3.8, 4) is 0 Å². The van der Waals surface area contributed by atoms with Gasteiger partial charge < -0.3 is 25.2 Å². The van der Waals surface area contributed by atoms with Crippen molar-refractivity contribution in [2.24, 2.45) is 0 Å². The molecule has 1 fully saturated rings. The fourth-order valence-electron chi connectivity index (χ4n) is 3.88. The van der Waals surface area contributed by atoms with E-state index in [9.17, 15) is 9.59 Å². The number of rotatable bonds is 6. The molecule has 1 aliphatic rings. The lowest BCUT2D eigenvalue weighted by molar-refractivity contribution is 0.102. The number of morpholine rings is 1. The summed E-state index contributed by atoms with van der Waals surface area (Å²) in [5.41, 5.74) is 1.74. The van der Waals surface area contributed by atoms with E-state index >= 15 is 0 Å². The first-order valence-corrected chi connectivity index (χ1v) is 12.7. The first kappa shape index (κ1) is 27.7. The van der Waals surface area contributed by atoms with E-state index in [4.69, 9.17) is 44.9 Å². The number of amides is 2. The fourth-order valence-corrected chi connectivity index (χ4v) is 4.47. The minimum atomic E-state index is -0.520. The molecule has 2 heterocycles. The molecule has 1 saturated heterocycles. The Hall–Kier alpha value is -3.37. The van der Waals surface area contributed by atoms with Gasteiger partial charge in [0.2, 0.25) is 0 Å². The van der Waals surface area contributed by atoms with Gasteiger partial charge in [0.25, 0.3) is 11.8 Å². The van der Waals surface area contributed by atoms with Gasteiger partial charge in [-0.2, -0.15) is 0 Å². The molecule has 1 aromatic heterocycles. The van der Waals surface area contributed by atoms with Crippen LogP contribution in [-0.4, -0.2) is 67.9 Å². The SMILES string of the molecule is CN(C)C(=N)c1ccc(C(=O)Nc2c(C(=O)Nc3ccc(Cl)cn3)cc(Cl)cc2N2CCOCC2)c(Cl)c1. The number of hydrogen-bond donors (Lipinski definition) is 3. The molecule has 0 aliphatic carbocycles. The number of halogens is 3. The number of nitrogens with zero attached hydrogens (tertiary/aromatic N) is 3. The van der Waals surface area contributed by atoms with E-state index < -0.39 is 11.8 Å². The largest absolute Gasteiger partial charge is 0.378 e. The van der Waals surface area contributed by atoms with Crippen LogP contribution in [0.1, 0.15) is 26.3 Å². The summed E-state index contributed by atoms with van der Waals surface area (Å²) in [5, 5.41) is 14.7. The molecule has 0 unspecified atom stereocenters. The molecule has 1 aliphatic heterocycles. The topological polar surface area (TPSA) is 111 Å². The summed E-state index contributed by atoms with van der Waals surface area (Å²) in [5.74, 6) is -0.506. The molecule has 0 saturated carbocycles. The fraction of sp³-hybridized carbons (Fsp3) is 0.231. The number of pyridine rings is 1. The second kappa shape index (κ2) is 12.0. The smallest absolute Gasteiger partial charge is 0.259 e. The van der Waals surface area contributed by atoms with E-state index in [1.54, 1.807) is 55.4 Å². The van der Waals surface area contributed by atoms with Gasteiger partial charge in [-0.25, -0.2) is 4.98 Å². The number of carbonyl (C=O) groups is 2. The molecule has 0 spiro atoms. The van der Waals surface area contributed by atoms with Crippen molar-refractivity contribution in [1.29, 1.82) is 5.41 Å². The Morgan fingerprint density at radius 2 is 1.66 bits per heavy atom. The number of ether oxygens (including phenoxy) is 1. The van der Waals surface area contributed by atoms with E-state index in [-0.39, 0.29) is 33.5 Å². The van der Waals surface area contributed by atoms with Crippen molar-refractivity contribution in [3.05, 3.63) is 80.4 Å². The average molecular weight is 576 g/mol. The van der Waals surface area contributed by atoms with Crippen LogP contribution in [0.4, 0.5) is 17.2 Å². The van der Waals surface area contributed by atoms with Crippen LogP contribution in [0, 0.1) is 5.41 Å². The number of aromatic nitrogens is 1. The molecule has 0 radical (unpaired) electrons. The molecule has 38 heavy (non-hydrogen) atoms. The number of benzene rings is 2. The Kier molecular flexibility index (Phi) is 8.73. The van der Waals surface area contributed by atoms with Crippen molar-refractivity contribution >= 4 is 69.6 Å². The van der Waals surface area contributed by atoms with Crippen molar-refractivity contribution in [2.45, 2.75) is 0 Å². The standard InChI is InChI=1S/C26H25Cl3N6O3/c1-34(2)24(30)15-3-5-18(20(29)11-15)25(36)33-23-19(26(37)32-22-6-4-16(27)14-31-22)12-17(28)13-21(23)35-7-9-38-10-8-35/h3-6,11-14,30H,7-10H2,1-2H3,(H,33,36)(H,31,32,37). The summed E-state index contributed by atoms with van der Waals surface area (Å²) in [4.78, 5) is 34.6. The molecule has 12 heteroatoms. The molecule has 4 rings (SSSR count). The van der Waals surface area contributed by atoms with E-state index in [2.05, 4.69) is 15.6 Å². The van der Waals surface area contributed by atoms with E-state index in [1.165, 1.54) is 12.3 Å². The highest BCUT2D eigenvalue weighted by atomic mass is 35.5. The minimum absolute atomic E-state index is 0.145. The predicted molar refractivity (Wildman–Crippen MR) is 152 cm³/mol. The lowest BCUT2D eigenvalue weighted by atomic mass is 10.1. The number of hydrogen-bond acceptors (Lipinski definition) is 6. The summed E-state index contributed by atoms with van der Waals surface area (Å²) >= 11 is 18.8. The molecule has 0 bridgehead atoms. The number of carbonyl (C=O) groups excluding carboxylic acids is 2. The Morgan fingerprint density at radius 3 is 2.29 bits per heavy atom. The maximum Gasteiger partial charge on any atom is 0.259 e. The van der Waals surface area contributed by atoms with E-state index in [1.807, 2.05) is 4.90 Å². The average Bonchev–Trinajstić information content (AvgIpc) is 2.90. The van der Waals surface area contributed by atoms with E-state index in [0.717, 1.165) is 0 Å². The second-order valence-corrected chi connectivity index (χ2v) is 9.93. The van der Waals surface area contributed by atoms with Crippen molar-refractivity contribution < 1.29 is 14.3 Å². The van der Waals surface area contributed by atoms with Gasteiger partial charge in [0, 0.05) is 44.0 Å². The molecule has 2 amide bonds. The number of anilines is 3. The summed E-state index contributed by atoms with van der Waals surface area (Å²) in [6, 6.07) is 11.1. The molecule has 2 aromatic carbocycles. The summed E-state index contributed by atoms with van der Waals surface area (Å²) in [6.45, 7) is 2.07. The third kappa shape index (κ3) is 6.36. The lowest BCUT2D eigenvalue weighted by Crippen LogP contribution is -2.37. The molecule has 0 atom stereocenters. The Labute approximate surface area is 235 Å². The van der Waals surface area contributed by atoms with Gasteiger partial charge in [-0.05, 0) is 36.4 Å². The third-order valence-corrected chi connectivity index (χ3v) is 6.58. The highest BCUT2D eigenvalue weighted by Crippen LogP contribution is 2.35. The predicted octanol–water partition coefficient (Wildman–Crippen LogP) is 5.27. The second-order valence-electron chi connectivity index (χ2n) is 8.65. The molecule has 198 valence electrons. The zero-order valence-corrected chi connectivity index (χ0v) is 22.9. The van der Waals surface area contributed by atoms with Crippen molar-refractivity contribution in [2.75, 3.05) is 55.9 Å². The normalized spacial score (nSPS) is 13.1. The monoisotopic (exact) mass is 574 g/mol. The van der Waals surface area contributed by atoms with Gasteiger partial charge >= 0.3 is 0 Å². The van der Waals surface area contributed by atoms with Crippen LogP contribution >= 0.6 is 34.8 Å². The van der Waals surface area contributed by atoms with Crippen molar-refractivity contribution in [3.63, 3.8) is 0 Å². The molecule has 9 nitrogen and oxygen atoms in total. The van der Waals surface area contributed by atoms with Crippen LogP contribution < -0.4 is 15.5 Å². The molecule has 3 N–H and O–H groups in total. The Balaban J connectivity index is 1.72. The maximum atomic E-state index is 13.4. The van der Waals surface area contributed by atoms with E-state index in [0.29, 0.717) is 47.6 Å². The number of amidine groups is 1. The highest BCUT2D eigenvalue weighted by molar-refractivity contribution is 6.35. The Bertz CT molecular complexity index is 1380. The van der Waals surface area contributed by atoms with Gasteiger partial charge in [0.15, 0.2) is 0 Å². The first-order chi connectivity index (χ1) is 18.1. The quantitative estimate of drug-likeness (QED) is 0.273. The van der Waals surface area contributed by atoms with Crippen LogP contribution in [0.2, 0.25) is 15.1 Å². The minimum Gasteiger partial charge on any atom is -0.378 e. The highest BCUT2D eigenvalue weighted by Gasteiger charge is 2.25. The van der Waals surface area contributed by atoms with Gasteiger partial charge in [-0.3, -0.25) is 15.0 Å². The van der Waals surface area contributed by atoms with Gasteiger partial charge in [0.1, 0.15) is 11.7 Å². The Morgan fingerprint density at radius 1 is 0.947 bits per heavy atom. The van der Waals surface area contributed by atoms with Crippen LogP contribution in [0.25, 0.3) is 0 Å². The maximum absolute atomic E-state index is 13.4. The van der Waals surface area contributed by atoms with Crippen molar-refractivity contribution in [1.82, 2.24) is 9.88 Å². The van der Waals surface area contributed by atoms with Crippen LogP contribution in [-0.2, 0) is 4.74 Å². The summed E-state index contributed by atoms with van der Waals surface area (Å²) < 4.78 is 5.47. The zero-order chi connectivity index (χ0) is 27.4. The molecular formula is C26H25Cl3N6O3. The molecule has 3 aromatic rings. The third-order valence-electron chi connectivity index (χ3n) is 5.82. The molecular weight excluding hydrogens is 551 g/mol.